The number of hydrogen-bond donors (Lipinski definition) is 0. The van der Waals surface area contributed by atoms with Crippen molar-refractivity contribution >= 4 is 5.91 Å². The van der Waals surface area contributed by atoms with Gasteiger partial charge in [-0.05, 0) is 18.6 Å². The Morgan fingerprint density at radius 1 is 1.23 bits per heavy atom. The Balaban J connectivity index is 1.66. The maximum absolute atomic E-state index is 12.6. The SMILES string of the molecule is COc1ccccc1OCC(=O)N1CCOCC12CCOC2. The lowest BCUT2D eigenvalue weighted by atomic mass is 9.96. The zero-order chi connectivity index (χ0) is 15.4. The highest BCUT2D eigenvalue weighted by molar-refractivity contribution is 5.79. The molecule has 6 nitrogen and oxygen atoms in total. The van der Waals surface area contributed by atoms with Crippen LogP contribution in [0.4, 0.5) is 0 Å². The van der Waals surface area contributed by atoms with E-state index in [1.165, 1.54) is 0 Å². The summed E-state index contributed by atoms with van der Waals surface area (Å²) in [5.41, 5.74) is -0.320. The van der Waals surface area contributed by atoms with E-state index in [-0.39, 0.29) is 18.1 Å². The zero-order valence-corrected chi connectivity index (χ0v) is 12.7. The molecule has 1 aromatic carbocycles. The van der Waals surface area contributed by atoms with E-state index in [9.17, 15) is 4.79 Å². The second kappa shape index (κ2) is 6.54. The van der Waals surface area contributed by atoms with Crippen LogP contribution in [0.5, 0.6) is 11.5 Å². The van der Waals surface area contributed by atoms with Gasteiger partial charge in [0.25, 0.3) is 5.91 Å². The number of rotatable bonds is 4. The molecular weight excluding hydrogens is 286 g/mol. The van der Waals surface area contributed by atoms with Crippen LogP contribution in [0.3, 0.4) is 0 Å². The molecule has 2 fully saturated rings. The first-order chi connectivity index (χ1) is 10.7. The fraction of sp³-hybridized carbons (Fsp3) is 0.562. The summed E-state index contributed by atoms with van der Waals surface area (Å²) in [6.45, 7) is 2.86. The van der Waals surface area contributed by atoms with Crippen molar-refractivity contribution in [1.82, 2.24) is 4.90 Å². The third-order valence-corrected chi connectivity index (χ3v) is 4.21. The first-order valence-corrected chi connectivity index (χ1v) is 7.47. The quantitative estimate of drug-likeness (QED) is 0.833. The number of carbonyl (C=O) groups excluding carboxylic acids is 1. The van der Waals surface area contributed by atoms with Crippen LogP contribution in [0.1, 0.15) is 6.42 Å². The lowest BCUT2D eigenvalue weighted by Crippen LogP contribution is -2.60. The van der Waals surface area contributed by atoms with E-state index < -0.39 is 0 Å². The van der Waals surface area contributed by atoms with E-state index in [0.717, 1.165) is 6.42 Å². The molecule has 0 saturated carbocycles. The molecule has 1 amide bonds. The molecule has 1 unspecified atom stereocenters. The monoisotopic (exact) mass is 307 g/mol. The van der Waals surface area contributed by atoms with Gasteiger partial charge >= 0.3 is 0 Å². The van der Waals surface area contributed by atoms with Crippen LogP contribution in [0.15, 0.2) is 24.3 Å². The van der Waals surface area contributed by atoms with Crippen LogP contribution in [-0.4, -0.2) is 63.0 Å². The molecule has 1 spiro atoms. The molecule has 0 aromatic heterocycles. The highest BCUT2D eigenvalue weighted by Crippen LogP contribution is 2.30. The summed E-state index contributed by atoms with van der Waals surface area (Å²) in [5, 5.41) is 0. The lowest BCUT2D eigenvalue weighted by molar-refractivity contribution is -0.151. The second-order valence-electron chi connectivity index (χ2n) is 5.56. The highest BCUT2D eigenvalue weighted by atomic mass is 16.5. The lowest BCUT2D eigenvalue weighted by Gasteiger charge is -2.43. The van der Waals surface area contributed by atoms with Gasteiger partial charge in [-0.3, -0.25) is 4.79 Å². The molecule has 0 N–H and O–H groups in total. The summed E-state index contributed by atoms with van der Waals surface area (Å²) < 4.78 is 21.9. The van der Waals surface area contributed by atoms with Crippen LogP contribution >= 0.6 is 0 Å². The number of amides is 1. The van der Waals surface area contributed by atoms with Crippen LogP contribution in [-0.2, 0) is 14.3 Å². The molecule has 1 aromatic rings. The largest absolute Gasteiger partial charge is 0.493 e. The van der Waals surface area contributed by atoms with E-state index in [2.05, 4.69) is 0 Å². The Bertz CT molecular complexity index is 527. The zero-order valence-electron chi connectivity index (χ0n) is 12.7. The third-order valence-electron chi connectivity index (χ3n) is 4.21. The Labute approximate surface area is 129 Å². The van der Waals surface area contributed by atoms with E-state index in [0.29, 0.717) is 44.5 Å². The molecule has 0 radical (unpaired) electrons. The molecule has 0 bridgehead atoms. The summed E-state index contributed by atoms with van der Waals surface area (Å²) in [5.74, 6) is 1.15. The first-order valence-electron chi connectivity index (χ1n) is 7.47. The molecule has 0 aliphatic carbocycles. The number of morpholine rings is 1. The summed E-state index contributed by atoms with van der Waals surface area (Å²) >= 11 is 0. The summed E-state index contributed by atoms with van der Waals surface area (Å²) in [6, 6.07) is 7.31. The van der Waals surface area contributed by atoms with Gasteiger partial charge in [0, 0.05) is 13.2 Å². The van der Waals surface area contributed by atoms with Crippen LogP contribution in [0.25, 0.3) is 0 Å². The molecule has 22 heavy (non-hydrogen) atoms. The molecule has 2 aliphatic rings. The molecule has 120 valence electrons. The highest BCUT2D eigenvalue weighted by Gasteiger charge is 2.45. The Kier molecular flexibility index (Phi) is 4.49. The fourth-order valence-corrected chi connectivity index (χ4v) is 3.00. The minimum atomic E-state index is -0.320. The van der Waals surface area contributed by atoms with Crippen molar-refractivity contribution in [3.8, 4) is 11.5 Å². The predicted molar refractivity (Wildman–Crippen MR) is 79.2 cm³/mol. The summed E-state index contributed by atoms with van der Waals surface area (Å²) in [7, 11) is 1.58. The molecular formula is C16H21NO5. The van der Waals surface area contributed by atoms with Crippen molar-refractivity contribution < 1.29 is 23.7 Å². The van der Waals surface area contributed by atoms with Gasteiger partial charge in [-0.1, -0.05) is 12.1 Å². The summed E-state index contributed by atoms with van der Waals surface area (Å²) in [6.07, 6.45) is 0.813. The number of nitrogens with zero attached hydrogens (tertiary/aromatic N) is 1. The predicted octanol–water partition coefficient (Wildman–Crippen LogP) is 1.09. The van der Waals surface area contributed by atoms with Gasteiger partial charge in [0.15, 0.2) is 18.1 Å². The van der Waals surface area contributed by atoms with Crippen molar-refractivity contribution in [2.75, 3.05) is 46.7 Å². The fourth-order valence-electron chi connectivity index (χ4n) is 3.00. The van der Waals surface area contributed by atoms with E-state index in [1.54, 1.807) is 19.2 Å². The van der Waals surface area contributed by atoms with Gasteiger partial charge in [0.1, 0.15) is 0 Å². The topological polar surface area (TPSA) is 57.2 Å². The van der Waals surface area contributed by atoms with Crippen molar-refractivity contribution in [3.63, 3.8) is 0 Å². The minimum absolute atomic E-state index is 0.0118. The molecule has 2 saturated heterocycles. The third kappa shape index (κ3) is 2.89. The number of benzene rings is 1. The van der Waals surface area contributed by atoms with Crippen LogP contribution in [0.2, 0.25) is 0 Å². The average molecular weight is 307 g/mol. The number of methoxy groups -OCH3 is 1. The van der Waals surface area contributed by atoms with E-state index >= 15 is 0 Å². The normalized spacial score (nSPS) is 24.5. The molecule has 2 heterocycles. The van der Waals surface area contributed by atoms with E-state index in [4.69, 9.17) is 18.9 Å². The van der Waals surface area contributed by atoms with Crippen molar-refractivity contribution in [2.45, 2.75) is 12.0 Å². The van der Waals surface area contributed by atoms with Crippen molar-refractivity contribution in [1.29, 1.82) is 0 Å². The van der Waals surface area contributed by atoms with Gasteiger partial charge in [0.2, 0.25) is 0 Å². The first kappa shape index (κ1) is 15.1. The molecule has 1 atom stereocenters. The number of para-hydroxylation sites is 2. The molecule has 6 heteroatoms. The molecule has 3 rings (SSSR count). The average Bonchev–Trinajstić information content (AvgIpc) is 3.02. The van der Waals surface area contributed by atoms with E-state index in [1.807, 2.05) is 17.0 Å². The Morgan fingerprint density at radius 3 is 2.68 bits per heavy atom. The van der Waals surface area contributed by atoms with Gasteiger partial charge in [-0.2, -0.15) is 0 Å². The maximum Gasteiger partial charge on any atom is 0.261 e. The standard InChI is InChI=1S/C16H21NO5/c1-19-13-4-2-3-5-14(13)22-10-15(18)17-7-9-21-12-16(17)6-8-20-11-16/h2-5H,6-12H2,1H3. The van der Waals surface area contributed by atoms with Gasteiger partial charge in [0.05, 0.1) is 32.5 Å². The van der Waals surface area contributed by atoms with Crippen molar-refractivity contribution in [3.05, 3.63) is 24.3 Å². The molecule has 2 aliphatic heterocycles. The number of ether oxygens (including phenoxy) is 4. The smallest absolute Gasteiger partial charge is 0.261 e. The maximum atomic E-state index is 12.6. The Hall–Kier alpha value is -1.79. The number of hydrogen-bond acceptors (Lipinski definition) is 5. The Morgan fingerprint density at radius 2 is 1.95 bits per heavy atom. The van der Waals surface area contributed by atoms with Crippen LogP contribution in [0, 0.1) is 0 Å². The van der Waals surface area contributed by atoms with Crippen LogP contribution < -0.4 is 9.47 Å². The van der Waals surface area contributed by atoms with Gasteiger partial charge in [-0.15, -0.1) is 0 Å². The summed E-state index contributed by atoms with van der Waals surface area (Å²) in [4.78, 5) is 14.4. The van der Waals surface area contributed by atoms with Crippen molar-refractivity contribution in [2.24, 2.45) is 0 Å². The second-order valence-corrected chi connectivity index (χ2v) is 5.56. The van der Waals surface area contributed by atoms with Gasteiger partial charge in [-0.25, -0.2) is 0 Å². The minimum Gasteiger partial charge on any atom is -0.493 e. The number of carbonyl (C=O) groups is 1. The van der Waals surface area contributed by atoms with Gasteiger partial charge < -0.3 is 23.8 Å².